The fourth-order valence-electron chi connectivity index (χ4n) is 5.79. The smallest absolute Gasteiger partial charge is 0.272 e. The first-order valence-electron chi connectivity index (χ1n) is 13.2. The molecule has 1 amide bonds. The molecule has 1 saturated heterocycles. The molecule has 2 saturated carbocycles. The van der Waals surface area contributed by atoms with Crippen molar-refractivity contribution in [3.63, 3.8) is 0 Å². The summed E-state index contributed by atoms with van der Waals surface area (Å²) < 4.78 is 28.5. The van der Waals surface area contributed by atoms with Crippen LogP contribution in [0.4, 0.5) is 5.82 Å². The van der Waals surface area contributed by atoms with Crippen molar-refractivity contribution in [1.82, 2.24) is 19.5 Å². The van der Waals surface area contributed by atoms with E-state index in [1.165, 1.54) is 19.3 Å². The molecule has 9 heteroatoms. The molecule has 3 fully saturated rings. The summed E-state index contributed by atoms with van der Waals surface area (Å²) in [5.74, 6) is 0.479. The molecule has 1 N–H and O–H groups in total. The SMILES string of the molecule is O=C(NC1CCCCC1)c1nn(S(=O)(=O)C2CCCCC2)c2nc(N3CCCCCC3)ccc12. The Balaban J connectivity index is 1.54. The zero-order valence-electron chi connectivity index (χ0n) is 20.0. The van der Waals surface area contributed by atoms with E-state index in [9.17, 15) is 13.2 Å². The highest BCUT2D eigenvalue weighted by atomic mass is 32.2. The second kappa shape index (κ2) is 10.2. The first-order valence-corrected chi connectivity index (χ1v) is 14.7. The molecular weight excluding hydrogens is 450 g/mol. The standard InChI is InChI=1S/C25H37N5O3S/c31-25(26-19-11-5-3-6-12-19)23-21-15-16-22(29-17-9-1-2-10-18-29)27-24(21)30(28-23)34(32,33)20-13-7-4-8-14-20/h15-16,19-20H,1-14,17-18H2,(H,26,31). The van der Waals surface area contributed by atoms with E-state index in [-0.39, 0.29) is 17.6 Å². The van der Waals surface area contributed by atoms with Crippen molar-refractivity contribution in [3.05, 3.63) is 17.8 Å². The zero-order chi connectivity index (χ0) is 23.5. The number of aromatic nitrogens is 3. The Morgan fingerprint density at radius 2 is 1.47 bits per heavy atom. The van der Waals surface area contributed by atoms with E-state index >= 15 is 0 Å². The first kappa shape index (κ1) is 23.6. The molecule has 8 nitrogen and oxygen atoms in total. The number of amides is 1. The number of carbonyl (C=O) groups is 1. The molecule has 5 rings (SSSR count). The van der Waals surface area contributed by atoms with E-state index in [1.807, 2.05) is 12.1 Å². The molecule has 0 atom stereocenters. The Kier molecular flexibility index (Phi) is 7.09. The van der Waals surface area contributed by atoms with Gasteiger partial charge in [0, 0.05) is 19.1 Å². The minimum absolute atomic E-state index is 0.126. The molecule has 34 heavy (non-hydrogen) atoms. The van der Waals surface area contributed by atoms with Crippen LogP contribution in [0.1, 0.15) is 100 Å². The van der Waals surface area contributed by atoms with Gasteiger partial charge < -0.3 is 10.2 Å². The number of pyridine rings is 1. The second-order valence-corrected chi connectivity index (χ2v) is 12.3. The highest BCUT2D eigenvalue weighted by Crippen LogP contribution is 2.30. The summed E-state index contributed by atoms with van der Waals surface area (Å²) >= 11 is 0. The van der Waals surface area contributed by atoms with Gasteiger partial charge in [-0.3, -0.25) is 4.79 Å². The number of hydrogen-bond acceptors (Lipinski definition) is 6. The summed E-state index contributed by atoms with van der Waals surface area (Å²) in [6, 6.07) is 3.89. The second-order valence-electron chi connectivity index (χ2n) is 10.2. The lowest BCUT2D eigenvalue weighted by Gasteiger charge is -2.23. The van der Waals surface area contributed by atoms with E-state index < -0.39 is 15.3 Å². The maximum Gasteiger partial charge on any atom is 0.272 e. The van der Waals surface area contributed by atoms with Gasteiger partial charge in [-0.2, -0.15) is 0 Å². The molecule has 3 heterocycles. The van der Waals surface area contributed by atoms with Crippen molar-refractivity contribution < 1.29 is 13.2 Å². The number of nitrogens with zero attached hydrogens (tertiary/aromatic N) is 4. The van der Waals surface area contributed by atoms with Crippen LogP contribution in [0.15, 0.2) is 12.1 Å². The Hall–Kier alpha value is -2.16. The lowest BCUT2D eigenvalue weighted by molar-refractivity contribution is 0.0924. The molecule has 0 spiro atoms. The van der Waals surface area contributed by atoms with Gasteiger partial charge in [-0.05, 0) is 50.7 Å². The largest absolute Gasteiger partial charge is 0.357 e. The van der Waals surface area contributed by atoms with Crippen molar-refractivity contribution in [2.45, 2.75) is 101 Å². The lowest BCUT2D eigenvalue weighted by Crippen LogP contribution is -2.36. The van der Waals surface area contributed by atoms with Gasteiger partial charge in [-0.1, -0.05) is 51.4 Å². The molecule has 0 unspecified atom stereocenters. The molecule has 2 aromatic rings. The Morgan fingerprint density at radius 3 is 2.15 bits per heavy atom. The molecule has 2 aromatic heterocycles. The van der Waals surface area contributed by atoms with E-state index in [4.69, 9.17) is 4.98 Å². The lowest BCUT2D eigenvalue weighted by atomic mass is 9.95. The van der Waals surface area contributed by atoms with Crippen molar-refractivity contribution >= 4 is 32.8 Å². The van der Waals surface area contributed by atoms with Crippen molar-refractivity contribution in [2.75, 3.05) is 18.0 Å². The maximum absolute atomic E-state index is 13.7. The summed E-state index contributed by atoms with van der Waals surface area (Å²) in [7, 11) is -3.74. The quantitative estimate of drug-likeness (QED) is 0.672. The van der Waals surface area contributed by atoms with E-state index in [2.05, 4.69) is 15.3 Å². The molecule has 186 valence electrons. The van der Waals surface area contributed by atoms with E-state index in [0.29, 0.717) is 23.9 Å². The molecule has 3 aliphatic rings. The van der Waals surface area contributed by atoms with Crippen molar-refractivity contribution in [1.29, 1.82) is 0 Å². The van der Waals surface area contributed by atoms with Gasteiger partial charge in [0.25, 0.3) is 15.9 Å². The Morgan fingerprint density at radius 1 is 0.853 bits per heavy atom. The van der Waals surface area contributed by atoms with Gasteiger partial charge in [-0.25, -0.2) is 13.4 Å². The average molecular weight is 488 g/mol. The van der Waals surface area contributed by atoms with Crippen LogP contribution < -0.4 is 10.2 Å². The number of fused-ring (bicyclic) bond motifs is 1. The van der Waals surface area contributed by atoms with E-state index in [0.717, 1.165) is 80.8 Å². The highest BCUT2D eigenvalue weighted by molar-refractivity contribution is 7.90. The normalized spacial score (nSPS) is 21.5. The zero-order valence-corrected chi connectivity index (χ0v) is 20.9. The number of anilines is 1. The van der Waals surface area contributed by atoms with Crippen molar-refractivity contribution in [3.8, 4) is 0 Å². The van der Waals surface area contributed by atoms with Crippen molar-refractivity contribution in [2.24, 2.45) is 0 Å². The fourth-order valence-corrected chi connectivity index (χ4v) is 7.57. The third-order valence-corrected chi connectivity index (χ3v) is 9.84. The van der Waals surface area contributed by atoms with Crippen LogP contribution in [0.25, 0.3) is 11.0 Å². The summed E-state index contributed by atoms with van der Waals surface area (Å²) in [6.07, 6.45) is 14.1. The first-order chi connectivity index (χ1) is 16.5. The highest BCUT2D eigenvalue weighted by Gasteiger charge is 2.34. The fraction of sp³-hybridized carbons (Fsp3) is 0.720. The van der Waals surface area contributed by atoms with E-state index in [1.54, 1.807) is 0 Å². The average Bonchev–Trinajstić information content (AvgIpc) is 3.04. The summed E-state index contributed by atoms with van der Waals surface area (Å²) in [6.45, 7) is 1.83. The van der Waals surface area contributed by atoms with Crippen LogP contribution in [0.2, 0.25) is 0 Å². The van der Waals surface area contributed by atoms with Gasteiger partial charge in [0.2, 0.25) is 0 Å². The van der Waals surface area contributed by atoms with Gasteiger partial charge in [0.05, 0.1) is 10.6 Å². The summed E-state index contributed by atoms with van der Waals surface area (Å²) in [5.41, 5.74) is 0.469. The van der Waals surface area contributed by atoms with Crippen LogP contribution >= 0.6 is 0 Å². The number of nitrogens with one attached hydrogen (secondary N) is 1. The van der Waals surface area contributed by atoms with Crippen LogP contribution in [0.3, 0.4) is 0 Å². The minimum atomic E-state index is -3.74. The third-order valence-electron chi connectivity index (χ3n) is 7.79. The Labute approximate surface area is 202 Å². The van der Waals surface area contributed by atoms with Gasteiger partial charge in [-0.15, -0.1) is 9.19 Å². The van der Waals surface area contributed by atoms with Gasteiger partial charge in [0.15, 0.2) is 11.3 Å². The summed E-state index contributed by atoms with van der Waals surface area (Å²) in [5, 5.41) is 7.60. The number of hydrogen-bond donors (Lipinski definition) is 1. The van der Waals surface area contributed by atoms with Crippen LogP contribution in [0.5, 0.6) is 0 Å². The van der Waals surface area contributed by atoms with Crippen LogP contribution in [-0.2, 0) is 10.0 Å². The Bertz CT molecular complexity index is 1110. The number of rotatable bonds is 5. The number of carbonyl (C=O) groups excluding carboxylic acids is 1. The predicted octanol–water partition coefficient (Wildman–Crippen LogP) is 4.38. The monoisotopic (exact) mass is 487 g/mol. The van der Waals surface area contributed by atoms with Crippen LogP contribution in [0, 0.1) is 0 Å². The minimum Gasteiger partial charge on any atom is -0.357 e. The molecule has 0 bridgehead atoms. The summed E-state index contributed by atoms with van der Waals surface area (Å²) in [4.78, 5) is 20.3. The molecule has 1 aliphatic heterocycles. The molecule has 0 aromatic carbocycles. The van der Waals surface area contributed by atoms with Gasteiger partial charge >= 0.3 is 0 Å². The molecular formula is C25H37N5O3S. The van der Waals surface area contributed by atoms with Crippen LogP contribution in [-0.4, -0.2) is 52.9 Å². The molecule has 2 aliphatic carbocycles. The molecule has 0 radical (unpaired) electrons. The van der Waals surface area contributed by atoms with Gasteiger partial charge in [0.1, 0.15) is 5.82 Å². The topological polar surface area (TPSA) is 97.2 Å². The predicted molar refractivity (Wildman–Crippen MR) is 134 cm³/mol. The maximum atomic E-state index is 13.7. The third kappa shape index (κ3) is 4.81.